The summed E-state index contributed by atoms with van der Waals surface area (Å²) in [6, 6.07) is 12.5. The van der Waals surface area contributed by atoms with Gasteiger partial charge >= 0.3 is 0 Å². The van der Waals surface area contributed by atoms with Crippen LogP contribution in [0.5, 0.6) is 0 Å². The maximum atomic E-state index is 12.1. The number of ketones is 1. The maximum Gasteiger partial charge on any atom is 0.168 e. The van der Waals surface area contributed by atoms with E-state index in [4.69, 9.17) is 23.2 Å². The molecule has 0 aliphatic heterocycles. The van der Waals surface area contributed by atoms with Crippen LogP contribution in [0.25, 0.3) is 0 Å². The van der Waals surface area contributed by atoms with Crippen molar-refractivity contribution in [2.24, 2.45) is 0 Å². The third-order valence-corrected chi connectivity index (χ3v) is 3.57. The van der Waals surface area contributed by atoms with Crippen molar-refractivity contribution in [3.05, 3.63) is 68.1 Å². The van der Waals surface area contributed by atoms with Crippen molar-refractivity contribution >= 4 is 44.9 Å². The zero-order chi connectivity index (χ0) is 13.1. The monoisotopic (exact) mass is 342 g/mol. The van der Waals surface area contributed by atoms with Gasteiger partial charge in [-0.05, 0) is 35.9 Å². The average Bonchev–Trinajstić information content (AvgIpc) is 2.32. The molecule has 2 aromatic rings. The quantitative estimate of drug-likeness (QED) is 0.701. The van der Waals surface area contributed by atoms with Gasteiger partial charge in [-0.1, -0.05) is 51.3 Å². The normalized spacial score (nSPS) is 10.4. The Kier molecular flexibility index (Phi) is 4.44. The first-order valence-electron chi connectivity index (χ1n) is 5.29. The summed E-state index contributed by atoms with van der Waals surface area (Å²) in [6.45, 7) is 0. The molecule has 92 valence electrons. The second kappa shape index (κ2) is 5.87. The smallest absolute Gasteiger partial charge is 0.168 e. The molecule has 0 bridgehead atoms. The van der Waals surface area contributed by atoms with E-state index in [0.717, 1.165) is 10.0 Å². The molecule has 4 heteroatoms. The van der Waals surface area contributed by atoms with Gasteiger partial charge in [0.2, 0.25) is 0 Å². The standard InChI is InChI=1S/C14H9BrCl2O/c15-10-3-6-12(13(17)8-10)14(18)7-9-1-4-11(16)5-2-9/h1-6,8H,7H2. The molecule has 0 radical (unpaired) electrons. The summed E-state index contributed by atoms with van der Waals surface area (Å²) in [5, 5.41) is 1.12. The Morgan fingerprint density at radius 3 is 2.33 bits per heavy atom. The van der Waals surface area contributed by atoms with E-state index in [0.29, 0.717) is 22.0 Å². The lowest BCUT2D eigenvalue weighted by Crippen LogP contribution is -2.04. The highest BCUT2D eigenvalue weighted by atomic mass is 79.9. The third kappa shape index (κ3) is 3.35. The van der Waals surface area contributed by atoms with Crippen LogP contribution in [-0.4, -0.2) is 5.78 Å². The predicted molar refractivity (Wildman–Crippen MR) is 78.6 cm³/mol. The van der Waals surface area contributed by atoms with Crippen molar-refractivity contribution in [1.29, 1.82) is 0 Å². The van der Waals surface area contributed by atoms with Crippen LogP contribution in [0.2, 0.25) is 10.0 Å². The first-order chi connectivity index (χ1) is 8.56. The molecule has 0 fully saturated rings. The van der Waals surface area contributed by atoms with Crippen molar-refractivity contribution in [2.75, 3.05) is 0 Å². The van der Waals surface area contributed by atoms with Crippen LogP contribution in [0.4, 0.5) is 0 Å². The van der Waals surface area contributed by atoms with Gasteiger partial charge in [0.05, 0.1) is 5.02 Å². The Morgan fingerprint density at radius 1 is 1.06 bits per heavy atom. The largest absolute Gasteiger partial charge is 0.294 e. The molecule has 1 nitrogen and oxygen atoms in total. The summed E-state index contributed by atoms with van der Waals surface area (Å²) in [4.78, 5) is 12.1. The fourth-order valence-electron chi connectivity index (χ4n) is 1.60. The van der Waals surface area contributed by atoms with E-state index in [1.54, 1.807) is 30.3 Å². The van der Waals surface area contributed by atoms with Gasteiger partial charge in [-0.25, -0.2) is 0 Å². The zero-order valence-corrected chi connectivity index (χ0v) is 12.4. The summed E-state index contributed by atoms with van der Waals surface area (Å²) >= 11 is 15.2. The van der Waals surface area contributed by atoms with Crippen LogP contribution in [0.15, 0.2) is 46.9 Å². The highest BCUT2D eigenvalue weighted by Crippen LogP contribution is 2.23. The number of benzene rings is 2. The maximum absolute atomic E-state index is 12.1. The van der Waals surface area contributed by atoms with Gasteiger partial charge in [-0.15, -0.1) is 0 Å². The van der Waals surface area contributed by atoms with Crippen molar-refractivity contribution in [2.45, 2.75) is 6.42 Å². The number of carbonyl (C=O) groups is 1. The number of Topliss-reactive ketones (excluding diaryl/α,β-unsaturated/α-hetero) is 1. The summed E-state index contributed by atoms with van der Waals surface area (Å²) in [6.07, 6.45) is 0.318. The lowest BCUT2D eigenvalue weighted by molar-refractivity contribution is 0.0993. The minimum absolute atomic E-state index is 0.00479. The van der Waals surface area contributed by atoms with E-state index in [1.807, 2.05) is 12.1 Å². The van der Waals surface area contributed by atoms with Crippen molar-refractivity contribution in [3.8, 4) is 0 Å². The van der Waals surface area contributed by atoms with Gasteiger partial charge in [0.1, 0.15) is 0 Å². The molecule has 0 saturated heterocycles. The topological polar surface area (TPSA) is 17.1 Å². The second-order valence-corrected chi connectivity index (χ2v) is 5.61. The minimum Gasteiger partial charge on any atom is -0.294 e. The van der Waals surface area contributed by atoms with E-state index < -0.39 is 0 Å². The lowest BCUT2D eigenvalue weighted by atomic mass is 10.0. The highest BCUT2D eigenvalue weighted by molar-refractivity contribution is 9.10. The van der Waals surface area contributed by atoms with E-state index >= 15 is 0 Å². The minimum atomic E-state index is -0.00479. The Bertz CT molecular complexity index is 579. The van der Waals surface area contributed by atoms with Gasteiger partial charge in [0.25, 0.3) is 0 Å². The van der Waals surface area contributed by atoms with Crippen LogP contribution in [0, 0.1) is 0 Å². The molecule has 0 atom stereocenters. The summed E-state index contributed by atoms with van der Waals surface area (Å²) in [5.41, 5.74) is 1.46. The number of hydrogen-bond acceptors (Lipinski definition) is 1. The second-order valence-electron chi connectivity index (χ2n) is 3.85. The Hall–Kier alpha value is -0.830. The van der Waals surface area contributed by atoms with E-state index in [1.165, 1.54) is 0 Å². The number of hydrogen-bond donors (Lipinski definition) is 0. The Morgan fingerprint density at radius 2 is 1.72 bits per heavy atom. The Balaban J connectivity index is 2.19. The van der Waals surface area contributed by atoms with Crippen molar-refractivity contribution in [1.82, 2.24) is 0 Å². The van der Waals surface area contributed by atoms with E-state index in [2.05, 4.69) is 15.9 Å². The molecule has 18 heavy (non-hydrogen) atoms. The van der Waals surface area contributed by atoms with Gasteiger partial charge in [-0.3, -0.25) is 4.79 Å². The van der Waals surface area contributed by atoms with Crippen LogP contribution in [0.3, 0.4) is 0 Å². The third-order valence-electron chi connectivity index (χ3n) is 2.51. The zero-order valence-electron chi connectivity index (χ0n) is 9.29. The molecule has 0 aromatic heterocycles. The van der Waals surface area contributed by atoms with Gasteiger partial charge in [0.15, 0.2) is 5.78 Å². The molecule has 0 aliphatic carbocycles. The molecular weight excluding hydrogens is 335 g/mol. The molecule has 0 saturated carbocycles. The van der Waals surface area contributed by atoms with Crippen LogP contribution < -0.4 is 0 Å². The molecule has 0 N–H and O–H groups in total. The first-order valence-corrected chi connectivity index (χ1v) is 6.84. The first kappa shape index (κ1) is 13.6. The summed E-state index contributed by atoms with van der Waals surface area (Å²) in [5.74, 6) is -0.00479. The number of rotatable bonds is 3. The van der Waals surface area contributed by atoms with Gasteiger partial charge in [-0.2, -0.15) is 0 Å². The number of halogens is 3. The highest BCUT2D eigenvalue weighted by Gasteiger charge is 2.11. The van der Waals surface area contributed by atoms with Crippen LogP contribution in [0.1, 0.15) is 15.9 Å². The summed E-state index contributed by atoms with van der Waals surface area (Å²) < 4.78 is 0.857. The van der Waals surface area contributed by atoms with E-state index in [9.17, 15) is 4.79 Å². The fourth-order valence-corrected chi connectivity index (χ4v) is 2.50. The van der Waals surface area contributed by atoms with Crippen LogP contribution in [-0.2, 0) is 6.42 Å². The molecule has 0 amide bonds. The average molecular weight is 344 g/mol. The molecule has 0 unspecified atom stereocenters. The SMILES string of the molecule is O=C(Cc1ccc(Cl)cc1)c1ccc(Br)cc1Cl. The molecule has 0 spiro atoms. The molecule has 0 heterocycles. The van der Waals surface area contributed by atoms with Crippen molar-refractivity contribution in [3.63, 3.8) is 0 Å². The number of carbonyl (C=O) groups excluding carboxylic acids is 1. The van der Waals surface area contributed by atoms with E-state index in [-0.39, 0.29) is 5.78 Å². The molecule has 0 aliphatic rings. The predicted octanol–water partition coefficient (Wildman–Crippen LogP) is 5.18. The molecular formula is C14H9BrCl2O. The summed E-state index contributed by atoms with van der Waals surface area (Å²) in [7, 11) is 0. The van der Waals surface area contributed by atoms with Crippen LogP contribution >= 0.6 is 39.1 Å². The fraction of sp³-hybridized carbons (Fsp3) is 0.0714. The van der Waals surface area contributed by atoms with Gasteiger partial charge in [0, 0.05) is 21.5 Å². The molecule has 2 rings (SSSR count). The lowest BCUT2D eigenvalue weighted by Gasteiger charge is -2.04. The molecule has 2 aromatic carbocycles. The van der Waals surface area contributed by atoms with Gasteiger partial charge < -0.3 is 0 Å². The Labute approximate surface area is 124 Å². The van der Waals surface area contributed by atoms with Crippen molar-refractivity contribution < 1.29 is 4.79 Å².